The van der Waals surface area contributed by atoms with Crippen LogP contribution < -0.4 is 9.47 Å². The molecule has 196 valence electrons. The molecule has 0 N–H and O–H groups in total. The van der Waals surface area contributed by atoms with Crippen molar-refractivity contribution in [1.29, 1.82) is 5.26 Å². The minimum atomic E-state index is -0.490. The lowest BCUT2D eigenvalue weighted by atomic mass is 9.88. The van der Waals surface area contributed by atoms with Gasteiger partial charge in [0.2, 0.25) is 0 Å². The molecule has 3 aliphatic rings. The summed E-state index contributed by atoms with van der Waals surface area (Å²) >= 11 is 0. The number of rotatable bonds is 4. The van der Waals surface area contributed by atoms with Gasteiger partial charge < -0.3 is 9.47 Å². The molecule has 2 aliphatic heterocycles. The Labute approximate surface area is 226 Å². The molecular weight excluding hydrogens is 492 g/mol. The third-order valence-electron chi connectivity index (χ3n) is 7.59. The molecule has 3 heterocycles. The Balaban J connectivity index is 1.50. The molecule has 1 fully saturated rings. The van der Waals surface area contributed by atoms with E-state index >= 15 is 0 Å². The number of ether oxygens (including phenoxy) is 2. The fraction of sp³-hybridized carbons (Fsp3) is 0.290. The molecule has 0 bridgehead atoms. The van der Waals surface area contributed by atoms with Gasteiger partial charge in [-0.2, -0.15) is 10.4 Å². The standard InChI is InChI=1S/C31H28N4O4/c1-20-25(30(36)35(31(37)26(20)18-32)24-10-6-3-7-11-24)16-22-19-34(23-8-4-2-5-9-23)33-29(22)21-12-13-27-28(17-21)39-15-14-38-27/h2,4-5,8-9,12-13,16-17,19,24H,3,6-7,10-11,14-15H2,1H3/b25-16+. The number of hydrogen-bond acceptors (Lipinski definition) is 6. The summed E-state index contributed by atoms with van der Waals surface area (Å²) < 4.78 is 13.3. The number of benzene rings is 2. The highest BCUT2D eigenvalue weighted by atomic mass is 16.6. The summed E-state index contributed by atoms with van der Waals surface area (Å²) in [6.07, 6.45) is 8.16. The molecule has 0 radical (unpaired) electrons. The predicted octanol–water partition coefficient (Wildman–Crippen LogP) is 5.24. The number of aromatic nitrogens is 2. The molecule has 3 aromatic rings. The van der Waals surface area contributed by atoms with Crippen LogP contribution in [0.25, 0.3) is 23.0 Å². The van der Waals surface area contributed by atoms with Crippen molar-refractivity contribution in [2.45, 2.75) is 45.1 Å². The van der Waals surface area contributed by atoms with Gasteiger partial charge in [0.05, 0.1) is 5.69 Å². The van der Waals surface area contributed by atoms with Crippen LogP contribution >= 0.6 is 0 Å². The Hall–Kier alpha value is -4.64. The first-order chi connectivity index (χ1) is 19.0. The zero-order valence-corrected chi connectivity index (χ0v) is 21.7. The zero-order valence-electron chi connectivity index (χ0n) is 21.7. The number of hydrogen-bond donors (Lipinski definition) is 0. The molecule has 1 aliphatic carbocycles. The molecule has 8 heteroatoms. The summed E-state index contributed by atoms with van der Waals surface area (Å²) in [6.45, 7) is 2.63. The van der Waals surface area contributed by atoms with Crippen molar-refractivity contribution in [2.24, 2.45) is 0 Å². The summed E-state index contributed by atoms with van der Waals surface area (Å²) in [5.41, 5.74) is 3.73. The molecule has 0 spiro atoms. The molecule has 8 nitrogen and oxygen atoms in total. The van der Waals surface area contributed by atoms with E-state index in [1.54, 1.807) is 17.7 Å². The first-order valence-electron chi connectivity index (χ1n) is 13.3. The van der Waals surface area contributed by atoms with Crippen molar-refractivity contribution < 1.29 is 19.1 Å². The molecule has 1 aromatic heterocycles. The maximum atomic E-state index is 13.9. The summed E-state index contributed by atoms with van der Waals surface area (Å²) in [4.78, 5) is 28.4. The molecule has 0 atom stereocenters. The van der Waals surface area contributed by atoms with Gasteiger partial charge in [0, 0.05) is 28.9 Å². The van der Waals surface area contributed by atoms with Gasteiger partial charge >= 0.3 is 0 Å². The minimum absolute atomic E-state index is 0.0164. The van der Waals surface area contributed by atoms with Gasteiger partial charge in [-0.05, 0) is 61.7 Å². The Bertz CT molecular complexity index is 1550. The smallest absolute Gasteiger partial charge is 0.271 e. The van der Waals surface area contributed by atoms with Crippen LogP contribution in [-0.4, -0.2) is 45.8 Å². The van der Waals surface area contributed by atoms with E-state index in [4.69, 9.17) is 14.6 Å². The predicted molar refractivity (Wildman–Crippen MR) is 145 cm³/mol. The van der Waals surface area contributed by atoms with Gasteiger partial charge in [0.15, 0.2) is 11.5 Å². The van der Waals surface area contributed by atoms with E-state index in [2.05, 4.69) is 6.07 Å². The molecule has 2 aromatic carbocycles. The van der Waals surface area contributed by atoms with Gasteiger partial charge in [-0.1, -0.05) is 37.5 Å². The van der Waals surface area contributed by atoms with Crippen molar-refractivity contribution in [3.63, 3.8) is 0 Å². The van der Waals surface area contributed by atoms with Crippen LogP contribution in [0, 0.1) is 11.3 Å². The van der Waals surface area contributed by atoms with E-state index in [1.807, 2.05) is 54.7 Å². The molecule has 1 saturated carbocycles. The second-order valence-electron chi connectivity index (χ2n) is 10.0. The van der Waals surface area contributed by atoms with Crippen molar-refractivity contribution in [1.82, 2.24) is 14.7 Å². The van der Waals surface area contributed by atoms with Gasteiger partial charge in [-0.15, -0.1) is 0 Å². The number of nitriles is 1. The van der Waals surface area contributed by atoms with Crippen LogP contribution in [0.4, 0.5) is 0 Å². The van der Waals surface area contributed by atoms with Crippen molar-refractivity contribution >= 4 is 17.9 Å². The highest BCUT2D eigenvalue weighted by Crippen LogP contribution is 2.37. The topological polar surface area (TPSA) is 97.5 Å². The number of amides is 2. The first-order valence-corrected chi connectivity index (χ1v) is 13.3. The summed E-state index contributed by atoms with van der Waals surface area (Å²) in [7, 11) is 0. The highest BCUT2D eigenvalue weighted by Gasteiger charge is 2.40. The Morgan fingerprint density at radius 3 is 2.46 bits per heavy atom. The van der Waals surface area contributed by atoms with E-state index in [0.29, 0.717) is 47.1 Å². The molecule has 0 unspecified atom stereocenters. The lowest BCUT2D eigenvalue weighted by molar-refractivity contribution is -0.143. The summed E-state index contributed by atoms with van der Waals surface area (Å²) in [5, 5.41) is 14.8. The van der Waals surface area contributed by atoms with E-state index in [0.717, 1.165) is 43.4 Å². The fourth-order valence-electron chi connectivity index (χ4n) is 5.55. The quantitative estimate of drug-likeness (QED) is 0.345. The summed E-state index contributed by atoms with van der Waals surface area (Å²) in [5.74, 6) is 0.464. The number of carbonyl (C=O) groups excluding carboxylic acids is 2. The van der Waals surface area contributed by atoms with E-state index in [1.165, 1.54) is 4.90 Å². The molecule has 6 rings (SSSR count). The van der Waals surface area contributed by atoms with E-state index in [-0.39, 0.29) is 17.5 Å². The molecular formula is C31H28N4O4. The Morgan fingerprint density at radius 2 is 1.72 bits per heavy atom. The largest absolute Gasteiger partial charge is 0.486 e. The number of para-hydroxylation sites is 1. The minimum Gasteiger partial charge on any atom is -0.486 e. The third-order valence-corrected chi connectivity index (χ3v) is 7.59. The average Bonchev–Trinajstić information content (AvgIpc) is 3.40. The van der Waals surface area contributed by atoms with Gasteiger partial charge in [-0.25, -0.2) is 4.68 Å². The third kappa shape index (κ3) is 4.50. The van der Waals surface area contributed by atoms with E-state index < -0.39 is 5.91 Å². The van der Waals surface area contributed by atoms with Crippen LogP contribution in [0.2, 0.25) is 0 Å². The monoisotopic (exact) mass is 520 g/mol. The lowest BCUT2D eigenvalue weighted by Gasteiger charge is -2.36. The van der Waals surface area contributed by atoms with Crippen molar-refractivity contribution in [2.75, 3.05) is 13.2 Å². The number of imide groups is 1. The number of nitrogens with zero attached hydrogens (tertiary/aromatic N) is 4. The lowest BCUT2D eigenvalue weighted by Crippen LogP contribution is -2.49. The van der Waals surface area contributed by atoms with Crippen LogP contribution in [0.3, 0.4) is 0 Å². The average molecular weight is 521 g/mol. The summed E-state index contributed by atoms with van der Waals surface area (Å²) in [6, 6.07) is 17.2. The highest BCUT2D eigenvalue weighted by molar-refractivity contribution is 6.20. The molecule has 0 saturated heterocycles. The molecule has 39 heavy (non-hydrogen) atoms. The number of carbonyl (C=O) groups is 2. The maximum absolute atomic E-state index is 13.9. The Morgan fingerprint density at radius 1 is 0.974 bits per heavy atom. The first kappa shape index (κ1) is 24.7. The van der Waals surface area contributed by atoms with Crippen LogP contribution in [0.1, 0.15) is 44.6 Å². The van der Waals surface area contributed by atoms with Crippen molar-refractivity contribution in [3.05, 3.63) is 77.0 Å². The second kappa shape index (κ2) is 10.3. The maximum Gasteiger partial charge on any atom is 0.271 e. The van der Waals surface area contributed by atoms with Crippen molar-refractivity contribution in [3.8, 4) is 34.5 Å². The van der Waals surface area contributed by atoms with E-state index in [9.17, 15) is 14.9 Å². The normalized spacial score (nSPS) is 19.0. The Kier molecular flexibility index (Phi) is 6.49. The number of fused-ring (bicyclic) bond motifs is 1. The molecule has 2 amide bonds. The van der Waals surface area contributed by atoms with Crippen LogP contribution in [0.5, 0.6) is 11.5 Å². The van der Waals surface area contributed by atoms with Gasteiger partial charge in [-0.3, -0.25) is 14.5 Å². The SMILES string of the molecule is CC1=C(C#N)C(=O)N(C2CCCCC2)C(=O)/C1=C/c1cn(-c2ccccc2)nc1-c1ccc2c(c1)OCCO2. The fourth-order valence-corrected chi connectivity index (χ4v) is 5.55. The van der Waals surface area contributed by atoms with Crippen LogP contribution in [0.15, 0.2) is 71.4 Å². The second-order valence-corrected chi connectivity index (χ2v) is 10.0. The zero-order chi connectivity index (χ0) is 26.9. The van der Waals surface area contributed by atoms with Gasteiger partial charge in [0.1, 0.15) is 30.6 Å². The van der Waals surface area contributed by atoms with Crippen LogP contribution in [-0.2, 0) is 9.59 Å². The van der Waals surface area contributed by atoms with Gasteiger partial charge in [0.25, 0.3) is 11.8 Å².